The van der Waals surface area contributed by atoms with Gasteiger partial charge in [-0.3, -0.25) is 4.52 Å². The smallest absolute Gasteiger partial charge is 0.439 e. The molecule has 0 aromatic heterocycles. The first-order valence-corrected chi connectivity index (χ1v) is 11.1. The van der Waals surface area contributed by atoms with E-state index in [1.165, 1.54) is 0 Å². The van der Waals surface area contributed by atoms with Gasteiger partial charge in [0, 0.05) is 5.75 Å². The number of benzene rings is 1. The molecule has 0 N–H and O–H groups in total. The largest absolute Gasteiger partial charge is 0.462 e. The molecule has 1 atom stereocenters. The second kappa shape index (κ2) is 10.6. The van der Waals surface area contributed by atoms with E-state index in [4.69, 9.17) is 13.8 Å². The Kier molecular flexibility index (Phi) is 9.19. The lowest BCUT2D eigenvalue weighted by Crippen LogP contribution is -2.10. The van der Waals surface area contributed by atoms with Crippen LogP contribution in [0, 0.1) is 0 Å². The van der Waals surface area contributed by atoms with Gasteiger partial charge < -0.3 is 9.26 Å². The Labute approximate surface area is 148 Å². The first-order valence-electron chi connectivity index (χ1n) is 7.99. The van der Waals surface area contributed by atoms with Crippen molar-refractivity contribution in [3.05, 3.63) is 41.7 Å². The lowest BCUT2D eigenvalue weighted by atomic mass is 10.1. The van der Waals surface area contributed by atoms with Gasteiger partial charge in [0.15, 0.2) is 0 Å². The summed E-state index contributed by atoms with van der Waals surface area (Å²) in [5.41, 5.74) is 0.909. The summed E-state index contributed by atoms with van der Waals surface area (Å²) in [6, 6.07) is 9.05. The monoisotopic (exact) mass is 372 g/mol. The van der Waals surface area contributed by atoms with E-state index in [0.717, 1.165) is 17.8 Å². The van der Waals surface area contributed by atoms with Crippen LogP contribution in [0.1, 0.15) is 39.7 Å². The standard InChI is InChI=1S/C17H25O5PS/c1-5-13-24-23(19,21-7-3)22-14(4)16(17(18)20-6-2)15-11-9-8-10-12-15/h8-12H,5-7,13H2,1-4H3. The van der Waals surface area contributed by atoms with Crippen molar-refractivity contribution in [3.63, 3.8) is 0 Å². The quantitative estimate of drug-likeness (QED) is 0.241. The molecule has 1 aromatic carbocycles. The van der Waals surface area contributed by atoms with E-state index in [2.05, 4.69) is 0 Å². The SMILES string of the molecule is CCCSP(=O)(OCC)OC(C)=C(C(=O)OCC)c1ccccc1. The predicted octanol–water partition coefficient (Wildman–Crippen LogP) is 5.29. The van der Waals surface area contributed by atoms with Gasteiger partial charge in [0.2, 0.25) is 0 Å². The van der Waals surface area contributed by atoms with Crippen molar-refractivity contribution in [2.75, 3.05) is 19.0 Å². The van der Waals surface area contributed by atoms with Crippen LogP contribution in [-0.2, 0) is 23.1 Å². The molecule has 134 valence electrons. The average molecular weight is 372 g/mol. The molecule has 1 rings (SSSR count). The molecule has 7 heteroatoms. The van der Waals surface area contributed by atoms with Crippen LogP contribution in [0.2, 0.25) is 0 Å². The minimum absolute atomic E-state index is 0.236. The van der Waals surface area contributed by atoms with Crippen molar-refractivity contribution in [2.45, 2.75) is 34.1 Å². The van der Waals surface area contributed by atoms with Gasteiger partial charge in [-0.1, -0.05) is 37.3 Å². The molecule has 0 aliphatic carbocycles. The molecule has 1 unspecified atom stereocenters. The van der Waals surface area contributed by atoms with Crippen LogP contribution in [0.3, 0.4) is 0 Å². The first kappa shape index (κ1) is 20.8. The minimum Gasteiger partial charge on any atom is -0.462 e. The summed E-state index contributed by atoms with van der Waals surface area (Å²) in [5.74, 6) is 0.370. The summed E-state index contributed by atoms with van der Waals surface area (Å²) in [6.45, 7) is 4.22. The summed E-state index contributed by atoms with van der Waals surface area (Å²) in [6.07, 6.45) is 0.845. The number of allylic oxidation sites excluding steroid dienone is 1. The van der Waals surface area contributed by atoms with E-state index in [-0.39, 0.29) is 24.5 Å². The third-order valence-corrected chi connectivity index (χ3v) is 6.90. The summed E-state index contributed by atoms with van der Waals surface area (Å²) in [5, 5.41) is 0. The zero-order valence-corrected chi connectivity index (χ0v) is 16.3. The summed E-state index contributed by atoms with van der Waals surface area (Å²) in [4.78, 5) is 12.3. The lowest BCUT2D eigenvalue weighted by molar-refractivity contribution is -0.136. The van der Waals surface area contributed by atoms with Gasteiger partial charge in [0.05, 0.1) is 13.2 Å². The average Bonchev–Trinajstić information content (AvgIpc) is 2.54. The fourth-order valence-electron chi connectivity index (χ4n) is 1.94. The van der Waals surface area contributed by atoms with Crippen molar-refractivity contribution in [1.29, 1.82) is 0 Å². The third-order valence-electron chi connectivity index (χ3n) is 2.88. The number of esters is 1. The topological polar surface area (TPSA) is 61.8 Å². The molecule has 5 nitrogen and oxygen atoms in total. The van der Waals surface area contributed by atoms with Crippen molar-refractivity contribution in [3.8, 4) is 0 Å². The first-order chi connectivity index (χ1) is 11.5. The third kappa shape index (κ3) is 6.34. The molecule has 24 heavy (non-hydrogen) atoms. The van der Waals surface area contributed by atoms with Crippen molar-refractivity contribution >= 4 is 29.7 Å². The summed E-state index contributed by atoms with van der Waals surface area (Å²) < 4.78 is 28.9. The Morgan fingerprint density at radius 2 is 1.79 bits per heavy atom. The highest BCUT2D eigenvalue weighted by Gasteiger charge is 2.29. The highest BCUT2D eigenvalue weighted by molar-refractivity contribution is 8.55. The predicted molar refractivity (Wildman–Crippen MR) is 98.7 cm³/mol. The molecule has 0 fully saturated rings. The zero-order valence-electron chi connectivity index (χ0n) is 14.6. The molecule has 1 aromatic rings. The van der Waals surface area contributed by atoms with Gasteiger partial charge >= 0.3 is 12.8 Å². The maximum atomic E-state index is 12.8. The zero-order chi connectivity index (χ0) is 18.0. The van der Waals surface area contributed by atoms with Crippen LogP contribution in [0.5, 0.6) is 0 Å². The van der Waals surface area contributed by atoms with Gasteiger partial charge in [-0.05, 0) is 44.1 Å². The molecule has 0 heterocycles. The molecular formula is C17H25O5PS. The Hall–Kier alpha value is -1.23. The normalized spacial score (nSPS) is 14.5. The van der Waals surface area contributed by atoms with Gasteiger partial charge in [-0.25, -0.2) is 9.36 Å². The van der Waals surface area contributed by atoms with Crippen molar-refractivity contribution in [2.24, 2.45) is 0 Å². The number of ether oxygens (including phenoxy) is 1. The van der Waals surface area contributed by atoms with Crippen LogP contribution >= 0.6 is 18.2 Å². The Balaban J connectivity index is 3.20. The van der Waals surface area contributed by atoms with Crippen molar-refractivity contribution in [1.82, 2.24) is 0 Å². The van der Waals surface area contributed by atoms with Gasteiger partial charge in [-0.2, -0.15) is 0 Å². The molecule has 0 saturated carbocycles. The van der Waals surface area contributed by atoms with Crippen molar-refractivity contribution < 1.29 is 23.1 Å². The molecule has 0 saturated heterocycles. The maximum absolute atomic E-state index is 12.8. The second-order valence-corrected chi connectivity index (χ2v) is 8.93. The molecule has 0 spiro atoms. The van der Waals surface area contributed by atoms with E-state index in [9.17, 15) is 9.36 Å². The molecule has 0 radical (unpaired) electrons. The van der Waals surface area contributed by atoms with Gasteiger partial charge in [0.25, 0.3) is 0 Å². The highest BCUT2D eigenvalue weighted by Crippen LogP contribution is 2.62. The van der Waals surface area contributed by atoms with Crippen LogP contribution in [0.25, 0.3) is 5.57 Å². The van der Waals surface area contributed by atoms with E-state index >= 15 is 0 Å². The van der Waals surface area contributed by atoms with E-state index in [0.29, 0.717) is 11.3 Å². The van der Waals surface area contributed by atoms with Crippen LogP contribution < -0.4 is 0 Å². The molecule has 0 amide bonds. The minimum atomic E-state index is -3.37. The number of carbonyl (C=O) groups excluding carboxylic acids is 1. The fourth-order valence-corrected chi connectivity index (χ4v) is 5.52. The van der Waals surface area contributed by atoms with Gasteiger partial charge in [-0.15, -0.1) is 0 Å². The molecular weight excluding hydrogens is 347 g/mol. The number of rotatable bonds is 10. The molecule has 0 aliphatic rings. The van der Waals surface area contributed by atoms with E-state index in [1.807, 2.05) is 25.1 Å². The van der Waals surface area contributed by atoms with Crippen LogP contribution in [-0.4, -0.2) is 24.9 Å². The van der Waals surface area contributed by atoms with Crippen LogP contribution in [0.15, 0.2) is 36.1 Å². The highest BCUT2D eigenvalue weighted by atomic mass is 32.7. The molecule has 0 aliphatic heterocycles. The maximum Gasteiger partial charge on any atom is 0.439 e. The van der Waals surface area contributed by atoms with Crippen LogP contribution in [0.4, 0.5) is 0 Å². The lowest BCUT2D eigenvalue weighted by Gasteiger charge is -2.20. The fraction of sp³-hybridized carbons (Fsp3) is 0.471. The molecule has 0 bridgehead atoms. The summed E-state index contributed by atoms with van der Waals surface area (Å²) in [7, 11) is 0. The summed E-state index contributed by atoms with van der Waals surface area (Å²) >= 11 is 1.14. The Morgan fingerprint density at radius 1 is 1.12 bits per heavy atom. The number of hydrogen-bond donors (Lipinski definition) is 0. The van der Waals surface area contributed by atoms with E-state index in [1.54, 1.807) is 32.9 Å². The Morgan fingerprint density at radius 3 is 2.33 bits per heavy atom. The Bertz CT molecular complexity index is 600. The number of hydrogen-bond acceptors (Lipinski definition) is 6. The van der Waals surface area contributed by atoms with Gasteiger partial charge in [0.1, 0.15) is 11.3 Å². The number of carbonyl (C=O) groups is 1. The van der Waals surface area contributed by atoms with E-state index < -0.39 is 12.8 Å². The second-order valence-electron chi connectivity index (χ2n) is 4.81.